The number of nitrogens with zero attached hydrogens (tertiary/aromatic N) is 1. The fourth-order valence-electron chi connectivity index (χ4n) is 4.50. The average Bonchev–Trinajstić information content (AvgIpc) is 2.49. The predicted octanol–water partition coefficient (Wildman–Crippen LogP) is 3.05. The number of nitrogens with one attached hydrogen (secondary N) is 1. The van der Waals surface area contributed by atoms with E-state index in [2.05, 4.69) is 22.9 Å². The zero-order valence-corrected chi connectivity index (χ0v) is 12.3. The highest BCUT2D eigenvalue weighted by Gasteiger charge is 2.38. The first-order chi connectivity index (χ1) is 9.36. The minimum Gasteiger partial charge on any atom is -0.315 e. The van der Waals surface area contributed by atoms with Gasteiger partial charge in [-0.3, -0.25) is 4.90 Å². The Hall–Kier alpha value is -0.340. The third-order valence-electron chi connectivity index (χ3n) is 5.77. The maximum absolute atomic E-state index is 4.01. The van der Waals surface area contributed by atoms with Crippen molar-refractivity contribution in [1.29, 1.82) is 0 Å². The quantitative estimate of drug-likeness (QED) is 0.766. The van der Waals surface area contributed by atoms with Crippen molar-refractivity contribution in [3.05, 3.63) is 12.7 Å². The minimum atomic E-state index is 0.767. The third-order valence-corrected chi connectivity index (χ3v) is 5.77. The number of hydrogen-bond acceptors (Lipinski definition) is 2. The van der Waals surface area contributed by atoms with E-state index in [0.29, 0.717) is 0 Å². The van der Waals surface area contributed by atoms with Crippen LogP contribution in [-0.4, -0.2) is 37.1 Å². The lowest BCUT2D eigenvalue weighted by Gasteiger charge is -2.49. The Bertz CT molecular complexity index is 296. The van der Waals surface area contributed by atoms with Crippen LogP contribution in [0.4, 0.5) is 0 Å². The van der Waals surface area contributed by atoms with Crippen molar-refractivity contribution in [2.75, 3.05) is 26.2 Å². The van der Waals surface area contributed by atoms with Crippen molar-refractivity contribution in [1.82, 2.24) is 10.2 Å². The molecule has 4 aliphatic rings. The summed E-state index contributed by atoms with van der Waals surface area (Å²) in [5.74, 6) is 2.65. The molecule has 0 radical (unpaired) electrons. The molecule has 0 spiro atoms. The predicted molar refractivity (Wildman–Crippen MR) is 81.2 cm³/mol. The molecule has 0 aromatic heterocycles. The fraction of sp³-hybridized carbons (Fsp3) is 0.882. The Morgan fingerprint density at radius 3 is 2.63 bits per heavy atom. The van der Waals surface area contributed by atoms with E-state index in [0.717, 1.165) is 23.8 Å². The van der Waals surface area contributed by atoms with Crippen LogP contribution in [0.2, 0.25) is 0 Å². The van der Waals surface area contributed by atoms with Gasteiger partial charge in [-0.15, -0.1) is 6.58 Å². The van der Waals surface area contributed by atoms with Crippen LogP contribution in [-0.2, 0) is 0 Å². The third kappa shape index (κ3) is 3.22. The van der Waals surface area contributed by atoms with Crippen molar-refractivity contribution < 1.29 is 0 Å². The normalized spacial score (nSPS) is 39.4. The van der Waals surface area contributed by atoms with Gasteiger partial charge >= 0.3 is 0 Å². The largest absolute Gasteiger partial charge is 0.315 e. The molecule has 2 bridgehead atoms. The summed E-state index contributed by atoms with van der Waals surface area (Å²) in [4.78, 5) is 2.71. The molecule has 4 rings (SSSR count). The van der Waals surface area contributed by atoms with Gasteiger partial charge in [0.1, 0.15) is 0 Å². The SMILES string of the molecule is C=CC1CN2CCC1CC2CNCC1CCCCC1. The van der Waals surface area contributed by atoms with Crippen LogP contribution in [0.1, 0.15) is 44.9 Å². The first kappa shape index (κ1) is 13.6. The molecule has 3 aliphatic heterocycles. The summed E-state index contributed by atoms with van der Waals surface area (Å²) in [5, 5.41) is 3.78. The van der Waals surface area contributed by atoms with Gasteiger partial charge in [0.2, 0.25) is 0 Å². The molecule has 0 aromatic rings. The molecular weight excluding hydrogens is 232 g/mol. The van der Waals surface area contributed by atoms with Gasteiger partial charge in [0.25, 0.3) is 0 Å². The Morgan fingerprint density at radius 1 is 1.11 bits per heavy atom. The lowest BCUT2D eigenvalue weighted by atomic mass is 9.75. The molecule has 1 N–H and O–H groups in total. The zero-order valence-electron chi connectivity index (χ0n) is 12.3. The van der Waals surface area contributed by atoms with E-state index < -0.39 is 0 Å². The van der Waals surface area contributed by atoms with Crippen molar-refractivity contribution in [3.63, 3.8) is 0 Å². The van der Waals surface area contributed by atoms with Crippen LogP contribution in [0.25, 0.3) is 0 Å². The lowest BCUT2D eigenvalue weighted by molar-refractivity contribution is 0.0191. The lowest BCUT2D eigenvalue weighted by Crippen LogP contribution is -2.56. The molecule has 0 aromatic carbocycles. The van der Waals surface area contributed by atoms with Crippen LogP contribution >= 0.6 is 0 Å². The van der Waals surface area contributed by atoms with Crippen LogP contribution in [0.3, 0.4) is 0 Å². The number of hydrogen-bond donors (Lipinski definition) is 1. The second-order valence-corrected chi connectivity index (χ2v) is 7.00. The topological polar surface area (TPSA) is 15.3 Å². The molecule has 1 saturated carbocycles. The Balaban J connectivity index is 1.40. The molecular formula is C17H30N2. The van der Waals surface area contributed by atoms with E-state index >= 15 is 0 Å². The Kier molecular flexibility index (Phi) is 4.60. The number of piperidine rings is 3. The first-order valence-electron chi connectivity index (χ1n) is 8.44. The maximum atomic E-state index is 4.01. The fourth-order valence-corrected chi connectivity index (χ4v) is 4.50. The van der Waals surface area contributed by atoms with Gasteiger partial charge in [-0.25, -0.2) is 0 Å². The van der Waals surface area contributed by atoms with E-state index in [1.54, 1.807) is 0 Å². The van der Waals surface area contributed by atoms with Gasteiger partial charge in [-0.05, 0) is 56.5 Å². The van der Waals surface area contributed by atoms with Gasteiger partial charge < -0.3 is 5.32 Å². The summed E-state index contributed by atoms with van der Waals surface area (Å²) in [6, 6.07) is 0.804. The molecule has 4 fully saturated rings. The van der Waals surface area contributed by atoms with Crippen molar-refractivity contribution in [3.8, 4) is 0 Å². The van der Waals surface area contributed by atoms with Gasteiger partial charge in [0, 0.05) is 19.1 Å². The molecule has 4 unspecified atom stereocenters. The maximum Gasteiger partial charge on any atom is 0.0223 e. The molecule has 3 saturated heterocycles. The summed E-state index contributed by atoms with van der Waals surface area (Å²) in [5.41, 5.74) is 0. The van der Waals surface area contributed by atoms with E-state index in [1.807, 2.05) is 0 Å². The molecule has 19 heavy (non-hydrogen) atoms. The summed E-state index contributed by atoms with van der Waals surface area (Å²) < 4.78 is 0. The summed E-state index contributed by atoms with van der Waals surface area (Å²) >= 11 is 0. The molecule has 2 heteroatoms. The highest BCUT2D eigenvalue weighted by molar-refractivity contribution is 4.99. The highest BCUT2D eigenvalue weighted by Crippen LogP contribution is 2.36. The van der Waals surface area contributed by atoms with Crippen LogP contribution < -0.4 is 5.32 Å². The molecule has 0 amide bonds. The summed E-state index contributed by atoms with van der Waals surface area (Å²) in [6.07, 6.45) is 12.3. The van der Waals surface area contributed by atoms with Crippen LogP contribution in [0.15, 0.2) is 12.7 Å². The average molecular weight is 262 g/mol. The van der Waals surface area contributed by atoms with Gasteiger partial charge in [0.15, 0.2) is 0 Å². The van der Waals surface area contributed by atoms with Crippen LogP contribution in [0, 0.1) is 17.8 Å². The molecule has 3 heterocycles. The number of rotatable bonds is 5. The number of fused-ring (bicyclic) bond motifs is 3. The Labute approximate surface area is 118 Å². The second-order valence-electron chi connectivity index (χ2n) is 7.00. The first-order valence-corrected chi connectivity index (χ1v) is 8.44. The minimum absolute atomic E-state index is 0.767. The van der Waals surface area contributed by atoms with Crippen molar-refractivity contribution >= 4 is 0 Å². The zero-order chi connectivity index (χ0) is 13.1. The molecule has 1 aliphatic carbocycles. The van der Waals surface area contributed by atoms with E-state index in [9.17, 15) is 0 Å². The van der Waals surface area contributed by atoms with Gasteiger partial charge in [-0.2, -0.15) is 0 Å². The van der Waals surface area contributed by atoms with Gasteiger partial charge in [-0.1, -0.05) is 25.3 Å². The van der Waals surface area contributed by atoms with Crippen molar-refractivity contribution in [2.45, 2.75) is 51.0 Å². The molecule has 2 nitrogen and oxygen atoms in total. The summed E-state index contributed by atoms with van der Waals surface area (Å²) in [7, 11) is 0. The molecule has 108 valence electrons. The van der Waals surface area contributed by atoms with Gasteiger partial charge in [0.05, 0.1) is 0 Å². The van der Waals surface area contributed by atoms with E-state index in [-0.39, 0.29) is 0 Å². The smallest absolute Gasteiger partial charge is 0.0223 e. The molecule has 4 atom stereocenters. The second kappa shape index (κ2) is 6.41. The Morgan fingerprint density at radius 2 is 1.95 bits per heavy atom. The monoisotopic (exact) mass is 262 g/mol. The highest BCUT2D eigenvalue weighted by atomic mass is 15.2. The van der Waals surface area contributed by atoms with Crippen LogP contribution in [0.5, 0.6) is 0 Å². The summed E-state index contributed by atoms with van der Waals surface area (Å²) in [6.45, 7) is 9.08. The standard InChI is InChI=1S/C17H30N2/c1-2-15-13-19-9-8-16(15)10-17(19)12-18-11-14-6-4-3-5-7-14/h2,14-18H,1,3-13H2. The van der Waals surface area contributed by atoms with E-state index in [1.165, 1.54) is 71.1 Å². The van der Waals surface area contributed by atoms with Crippen molar-refractivity contribution in [2.24, 2.45) is 17.8 Å². The van der Waals surface area contributed by atoms with E-state index in [4.69, 9.17) is 0 Å².